The third kappa shape index (κ3) is 6.71. The predicted molar refractivity (Wildman–Crippen MR) is 137 cm³/mol. The Hall–Kier alpha value is -2.62. The molecule has 0 saturated carbocycles. The van der Waals surface area contributed by atoms with Crippen molar-refractivity contribution < 1.29 is 19.1 Å². The van der Waals surface area contributed by atoms with Gasteiger partial charge in [0.25, 0.3) is 0 Å². The summed E-state index contributed by atoms with van der Waals surface area (Å²) < 4.78 is 11.7. The molecule has 0 saturated heterocycles. The van der Waals surface area contributed by atoms with Crippen LogP contribution in [0.25, 0.3) is 6.08 Å². The maximum Gasteiger partial charge on any atom is 0.331 e. The normalized spacial score (nSPS) is 30.8. The number of carbonyl (C=O) groups is 2. The molecule has 4 heteroatoms. The van der Waals surface area contributed by atoms with Gasteiger partial charge in [0.2, 0.25) is 0 Å². The Bertz CT molecular complexity index is 926. The van der Waals surface area contributed by atoms with E-state index in [1.165, 1.54) is 18.6 Å². The minimum atomic E-state index is -0.309. The van der Waals surface area contributed by atoms with E-state index in [-0.39, 0.29) is 35.5 Å². The Morgan fingerprint density at radius 2 is 1.71 bits per heavy atom. The quantitative estimate of drug-likeness (QED) is 0.270. The number of fused-ring (bicyclic) bond motifs is 1. The van der Waals surface area contributed by atoms with Gasteiger partial charge in [-0.15, -0.1) is 0 Å². The molecule has 0 radical (unpaired) electrons. The highest BCUT2D eigenvalue weighted by Gasteiger charge is 2.47. The van der Waals surface area contributed by atoms with Gasteiger partial charge in [0.15, 0.2) is 0 Å². The molecule has 0 fully saturated rings. The van der Waals surface area contributed by atoms with E-state index in [2.05, 4.69) is 45.9 Å². The lowest BCUT2D eigenvalue weighted by molar-refractivity contribution is -0.151. The number of allylic oxidation sites excluding steroid dienone is 2. The van der Waals surface area contributed by atoms with E-state index < -0.39 is 0 Å². The zero-order valence-corrected chi connectivity index (χ0v) is 21.3. The summed E-state index contributed by atoms with van der Waals surface area (Å²) in [6.07, 6.45) is 13.4. The Balaban J connectivity index is 1.86. The highest BCUT2D eigenvalue weighted by molar-refractivity contribution is 5.87. The van der Waals surface area contributed by atoms with Crippen LogP contribution in [-0.2, 0) is 19.1 Å². The molecule has 0 spiro atoms. The standard InChI is InChI=1S/C30H40O4/c1-21(2)27-17-15-22(3)28-19-25(34-29(32)18-16-24-11-7-6-8-12-24)13-9-10-14-26(33-23(4)31)20-30(27,28)5/h6-12,15-16,18,21,25-28H,13-14,17,19-20H2,1-5H3/b10-9-,18-16+/t25-,26-,27-,28+,30-/m1/s1. The fourth-order valence-corrected chi connectivity index (χ4v) is 6.07. The molecule has 1 aromatic carbocycles. The topological polar surface area (TPSA) is 52.6 Å². The third-order valence-electron chi connectivity index (χ3n) is 7.65. The van der Waals surface area contributed by atoms with Gasteiger partial charge in [0, 0.05) is 25.8 Å². The van der Waals surface area contributed by atoms with E-state index in [1.54, 1.807) is 6.08 Å². The van der Waals surface area contributed by atoms with Crippen molar-refractivity contribution in [2.24, 2.45) is 23.2 Å². The second-order valence-electron chi connectivity index (χ2n) is 10.5. The van der Waals surface area contributed by atoms with Gasteiger partial charge in [-0.3, -0.25) is 4.79 Å². The maximum atomic E-state index is 12.7. The molecule has 0 unspecified atom stereocenters. The summed E-state index contributed by atoms with van der Waals surface area (Å²) in [5.74, 6) is 0.697. The highest BCUT2D eigenvalue weighted by atomic mass is 16.5. The summed E-state index contributed by atoms with van der Waals surface area (Å²) in [4.78, 5) is 24.5. The van der Waals surface area contributed by atoms with E-state index in [9.17, 15) is 9.59 Å². The molecular weight excluding hydrogens is 424 g/mol. The van der Waals surface area contributed by atoms with E-state index in [1.807, 2.05) is 30.3 Å². The van der Waals surface area contributed by atoms with Crippen molar-refractivity contribution in [3.05, 3.63) is 65.8 Å². The molecule has 0 aliphatic heterocycles. The monoisotopic (exact) mass is 464 g/mol. The zero-order valence-electron chi connectivity index (χ0n) is 21.3. The van der Waals surface area contributed by atoms with Crippen molar-refractivity contribution in [3.8, 4) is 0 Å². The fraction of sp³-hybridized carbons (Fsp3) is 0.533. The van der Waals surface area contributed by atoms with Crippen LogP contribution in [0.5, 0.6) is 0 Å². The Kier molecular flexibility index (Phi) is 8.93. The van der Waals surface area contributed by atoms with Gasteiger partial charge in [-0.25, -0.2) is 4.79 Å². The first-order valence-corrected chi connectivity index (χ1v) is 12.6. The molecule has 3 rings (SSSR count). The molecule has 1 aromatic rings. The van der Waals surface area contributed by atoms with Crippen LogP contribution in [0.3, 0.4) is 0 Å². The molecule has 184 valence electrons. The molecular formula is C30H40O4. The zero-order chi connectivity index (χ0) is 24.7. The third-order valence-corrected chi connectivity index (χ3v) is 7.65. The molecule has 0 bridgehead atoms. The van der Waals surface area contributed by atoms with Gasteiger partial charge < -0.3 is 9.47 Å². The lowest BCUT2D eigenvalue weighted by atomic mass is 9.55. The van der Waals surface area contributed by atoms with Crippen molar-refractivity contribution >= 4 is 18.0 Å². The van der Waals surface area contributed by atoms with Crippen molar-refractivity contribution in [3.63, 3.8) is 0 Å². The molecule has 2 aliphatic carbocycles. The fourth-order valence-electron chi connectivity index (χ4n) is 6.07. The molecule has 34 heavy (non-hydrogen) atoms. The Morgan fingerprint density at radius 3 is 2.35 bits per heavy atom. The first kappa shape index (κ1) is 26.0. The van der Waals surface area contributed by atoms with Gasteiger partial charge in [-0.2, -0.15) is 0 Å². The summed E-state index contributed by atoms with van der Waals surface area (Å²) in [6, 6.07) is 9.77. The number of rotatable bonds is 5. The molecule has 0 amide bonds. The van der Waals surface area contributed by atoms with Gasteiger partial charge in [-0.1, -0.05) is 74.9 Å². The minimum Gasteiger partial charge on any atom is -0.462 e. The summed E-state index contributed by atoms with van der Waals surface area (Å²) in [6.45, 7) is 10.6. The molecule has 4 nitrogen and oxygen atoms in total. The first-order valence-electron chi connectivity index (χ1n) is 12.6. The second-order valence-corrected chi connectivity index (χ2v) is 10.5. The summed E-state index contributed by atoms with van der Waals surface area (Å²) in [5, 5.41) is 0. The van der Waals surface area contributed by atoms with E-state index in [0.717, 1.165) is 24.8 Å². The van der Waals surface area contributed by atoms with Crippen LogP contribution in [0.1, 0.15) is 72.3 Å². The molecule has 0 aromatic heterocycles. The minimum absolute atomic E-state index is 0.0527. The van der Waals surface area contributed by atoms with Crippen molar-refractivity contribution in [2.45, 2.75) is 78.9 Å². The van der Waals surface area contributed by atoms with Crippen LogP contribution in [0, 0.1) is 23.2 Å². The van der Waals surface area contributed by atoms with Crippen LogP contribution in [0.4, 0.5) is 0 Å². The lowest BCUT2D eigenvalue weighted by Gasteiger charge is -2.51. The molecule has 5 atom stereocenters. The van der Waals surface area contributed by atoms with Gasteiger partial charge in [0.1, 0.15) is 12.2 Å². The average Bonchev–Trinajstić information content (AvgIpc) is 2.77. The predicted octanol–water partition coefficient (Wildman–Crippen LogP) is 6.92. The smallest absolute Gasteiger partial charge is 0.331 e. The lowest BCUT2D eigenvalue weighted by Crippen LogP contribution is -2.45. The number of esters is 2. The van der Waals surface area contributed by atoms with Gasteiger partial charge in [-0.05, 0) is 61.0 Å². The highest BCUT2D eigenvalue weighted by Crippen LogP contribution is 2.53. The Morgan fingerprint density at radius 1 is 1.03 bits per heavy atom. The number of hydrogen-bond acceptors (Lipinski definition) is 4. The summed E-state index contributed by atoms with van der Waals surface area (Å²) >= 11 is 0. The summed E-state index contributed by atoms with van der Waals surface area (Å²) in [5.41, 5.74) is 2.27. The van der Waals surface area contributed by atoms with Gasteiger partial charge in [0.05, 0.1) is 0 Å². The molecule has 2 aliphatic rings. The largest absolute Gasteiger partial charge is 0.462 e. The number of ether oxygens (including phenoxy) is 2. The van der Waals surface area contributed by atoms with Crippen LogP contribution >= 0.6 is 0 Å². The van der Waals surface area contributed by atoms with Crippen molar-refractivity contribution in [1.29, 1.82) is 0 Å². The van der Waals surface area contributed by atoms with Crippen LogP contribution < -0.4 is 0 Å². The summed E-state index contributed by atoms with van der Waals surface area (Å²) in [7, 11) is 0. The van der Waals surface area contributed by atoms with Crippen molar-refractivity contribution in [1.82, 2.24) is 0 Å². The number of carbonyl (C=O) groups excluding carboxylic acids is 2. The number of benzene rings is 1. The van der Waals surface area contributed by atoms with Crippen LogP contribution in [-0.4, -0.2) is 24.1 Å². The Labute approximate surface area is 205 Å². The van der Waals surface area contributed by atoms with Gasteiger partial charge >= 0.3 is 11.9 Å². The van der Waals surface area contributed by atoms with Crippen LogP contribution in [0.2, 0.25) is 0 Å². The van der Waals surface area contributed by atoms with E-state index in [0.29, 0.717) is 24.7 Å². The SMILES string of the molecule is CC(=O)O[C@@H]1C/C=C\C[C@@H](OC(=O)/C=C/c2ccccc2)C[C@H]2C(C)=CC[C@H](C(C)C)[C@@]2(C)C1. The second kappa shape index (κ2) is 11.7. The first-order chi connectivity index (χ1) is 16.2. The van der Waals surface area contributed by atoms with E-state index >= 15 is 0 Å². The van der Waals surface area contributed by atoms with E-state index in [4.69, 9.17) is 9.47 Å². The molecule has 0 N–H and O–H groups in total. The van der Waals surface area contributed by atoms with Crippen LogP contribution in [0.15, 0.2) is 60.2 Å². The average molecular weight is 465 g/mol. The van der Waals surface area contributed by atoms with Crippen molar-refractivity contribution in [2.75, 3.05) is 0 Å². The maximum absolute atomic E-state index is 12.7. The number of hydrogen-bond donors (Lipinski definition) is 0. The molecule has 0 heterocycles.